The summed E-state index contributed by atoms with van der Waals surface area (Å²) in [5.74, 6) is -0.374. The van der Waals surface area contributed by atoms with Gasteiger partial charge in [-0.3, -0.25) is 20.2 Å². The molecular formula is C12H13ClN2O9. The maximum atomic E-state index is 11.1. The van der Waals surface area contributed by atoms with Crippen molar-refractivity contribution in [3.05, 3.63) is 38.4 Å². The minimum atomic E-state index is -1.51. The number of aliphatic hydroxyl groups excluding tert-OH is 3. The number of rotatable bonds is 5. The number of aliphatic hydroxyl groups is 3. The highest BCUT2D eigenvalue weighted by Gasteiger charge is 2.45. The molecule has 0 bridgehead atoms. The second kappa shape index (κ2) is 7.23. The summed E-state index contributed by atoms with van der Waals surface area (Å²) in [6.45, 7) is -0.649. The first-order valence-electron chi connectivity index (χ1n) is 6.62. The molecule has 1 saturated heterocycles. The van der Waals surface area contributed by atoms with E-state index in [1.165, 1.54) is 0 Å². The Bertz CT molecular complexity index is 641. The minimum Gasteiger partial charge on any atom is -0.456 e. The topological polar surface area (TPSA) is 165 Å². The molecule has 0 radical (unpaired) electrons. The largest absolute Gasteiger partial charge is 0.456 e. The van der Waals surface area contributed by atoms with Gasteiger partial charge in [0, 0.05) is 6.07 Å². The molecule has 12 heteroatoms. The number of nitro groups is 2. The zero-order valence-corrected chi connectivity index (χ0v) is 12.6. The van der Waals surface area contributed by atoms with Crippen LogP contribution in [0, 0.1) is 20.2 Å². The molecule has 0 spiro atoms. The maximum absolute atomic E-state index is 11.1. The average Bonchev–Trinajstić information content (AvgIpc) is 2.55. The molecule has 24 heavy (non-hydrogen) atoms. The quantitative estimate of drug-likeness (QED) is 0.368. The van der Waals surface area contributed by atoms with E-state index in [2.05, 4.69) is 0 Å². The first-order valence-corrected chi connectivity index (χ1v) is 7.06. The molecule has 0 saturated carbocycles. The van der Waals surface area contributed by atoms with E-state index in [-0.39, 0.29) is 5.75 Å². The lowest BCUT2D eigenvalue weighted by Crippen LogP contribution is -2.58. The molecule has 1 aliphatic rings. The van der Waals surface area contributed by atoms with E-state index in [1.807, 2.05) is 0 Å². The van der Waals surface area contributed by atoms with Crippen molar-refractivity contribution in [1.82, 2.24) is 0 Å². The van der Waals surface area contributed by atoms with Crippen LogP contribution >= 0.6 is 11.6 Å². The van der Waals surface area contributed by atoms with Gasteiger partial charge in [0.25, 0.3) is 5.69 Å². The third-order valence-electron chi connectivity index (χ3n) is 3.40. The van der Waals surface area contributed by atoms with Gasteiger partial charge in [-0.15, -0.1) is 11.6 Å². The SMILES string of the molecule is O=[N+]([O-])c1ccc(O[C@@H]2OC(CO)[C@@H](O)[C@H](O)C2Cl)c([N+](=O)[O-])c1. The smallest absolute Gasteiger partial charge is 0.317 e. The molecule has 1 fully saturated rings. The van der Waals surface area contributed by atoms with E-state index < -0.39 is 57.8 Å². The Labute approximate surface area is 139 Å². The molecule has 11 nitrogen and oxygen atoms in total. The van der Waals surface area contributed by atoms with Gasteiger partial charge in [-0.1, -0.05) is 0 Å². The van der Waals surface area contributed by atoms with E-state index in [4.69, 9.17) is 26.2 Å². The monoisotopic (exact) mass is 364 g/mol. The van der Waals surface area contributed by atoms with E-state index >= 15 is 0 Å². The summed E-state index contributed by atoms with van der Waals surface area (Å²) in [7, 11) is 0. The number of hydrogen-bond acceptors (Lipinski definition) is 9. The molecule has 5 atom stereocenters. The fourth-order valence-electron chi connectivity index (χ4n) is 2.13. The Kier molecular flexibility index (Phi) is 5.51. The summed E-state index contributed by atoms with van der Waals surface area (Å²) < 4.78 is 10.4. The lowest BCUT2D eigenvalue weighted by atomic mass is 10.0. The van der Waals surface area contributed by atoms with Crippen molar-refractivity contribution in [3.63, 3.8) is 0 Å². The van der Waals surface area contributed by atoms with Crippen LogP contribution in [0.1, 0.15) is 0 Å². The molecule has 1 aromatic rings. The summed E-state index contributed by atoms with van der Waals surface area (Å²) in [4.78, 5) is 20.1. The van der Waals surface area contributed by atoms with E-state index in [9.17, 15) is 30.4 Å². The normalized spacial score (nSPS) is 29.9. The molecule has 1 heterocycles. The lowest BCUT2D eigenvalue weighted by Gasteiger charge is -2.39. The van der Waals surface area contributed by atoms with Crippen LogP contribution in [0.25, 0.3) is 0 Å². The van der Waals surface area contributed by atoms with E-state index in [0.717, 1.165) is 12.1 Å². The Balaban J connectivity index is 2.29. The van der Waals surface area contributed by atoms with Crippen molar-refractivity contribution in [2.24, 2.45) is 0 Å². The van der Waals surface area contributed by atoms with Crippen LogP contribution in [-0.2, 0) is 4.74 Å². The summed E-state index contributed by atoms with van der Waals surface area (Å²) in [5, 5.41) is 49.1. The molecule has 2 rings (SSSR count). The van der Waals surface area contributed by atoms with E-state index in [1.54, 1.807) is 0 Å². The van der Waals surface area contributed by atoms with Crippen LogP contribution in [0.15, 0.2) is 18.2 Å². The second-order valence-electron chi connectivity index (χ2n) is 4.94. The third kappa shape index (κ3) is 3.55. The van der Waals surface area contributed by atoms with Crippen molar-refractivity contribution in [1.29, 1.82) is 0 Å². The fraction of sp³-hybridized carbons (Fsp3) is 0.500. The molecule has 3 N–H and O–H groups in total. The molecule has 0 amide bonds. The van der Waals surface area contributed by atoms with Gasteiger partial charge in [-0.05, 0) is 6.07 Å². The zero-order chi connectivity index (χ0) is 18.0. The Morgan fingerprint density at radius 3 is 2.42 bits per heavy atom. The summed E-state index contributed by atoms with van der Waals surface area (Å²) in [5.41, 5.74) is -1.21. The molecule has 0 aliphatic carbocycles. The molecule has 2 unspecified atom stereocenters. The van der Waals surface area contributed by atoms with Gasteiger partial charge in [0.05, 0.1) is 22.5 Å². The van der Waals surface area contributed by atoms with Crippen molar-refractivity contribution in [2.45, 2.75) is 30.0 Å². The van der Waals surface area contributed by atoms with Crippen LogP contribution in [0.4, 0.5) is 11.4 Å². The molecular weight excluding hydrogens is 352 g/mol. The highest BCUT2D eigenvalue weighted by Crippen LogP contribution is 2.34. The highest BCUT2D eigenvalue weighted by molar-refractivity contribution is 6.21. The molecule has 1 aromatic carbocycles. The average molecular weight is 365 g/mol. The fourth-order valence-corrected chi connectivity index (χ4v) is 2.39. The van der Waals surface area contributed by atoms with Crippen molar-refractivity contribution in [2.75, 3.05) is 6.61 Å². The number of ether oxygens (including phenoxy) is 2. The molecule has 1 aliphatic heterocycles. The van der Waals surface area contributed by atoms with Crippen molar-refractivity contribution in [3.8, 4) is 5.75 Å². The maximum Gasteiger partial charge on any atom is 0.317 e. The number of hydrogen-bond donors (Lipinski definition) is 3. The van der Waals surface area contributed by atoms with Gasteiger partial charge < -0.3 is 24.8 Å². The predicted molar refractivity (Wildman–Crippen MR) is 77.8 cm³/mol. The number of benzene rings is 1. The van der Waals surface area contributed by atoms with Crippen LogP contribution in [0.5, 0.6) is 5.75 Å². The minimum absolute atomic E-state index is 0.374. The standard InChI is InChI=1S/C12H13ClN2O9/c13-9-11(18)10(17)8(4-16)24-12(9)23-7-2-1-5(14(19)20)3-6(7)15(21)22/h1-3,8-12,16-18H,4H2/t8?,9?,10-,11-,12-/m1/s1. The summed E-state index contributed by atoms with van der Waals surface area (Å²) in [6.07, 6.45) is -5.62. The van der Waals surface area contributed by atoms with Gasteiger partial charge in [0.2, 0.25) is 12.0 Å². The van der Waals surface area contributed by atoms with Crippen LogP contribution in [0.3, 0.4) is 0 Å². The number of alkyl halides is 1. The predicted octanol–water partition coefficient (Wildman–Crippen LogP) is -0.0718. The van der Waals surface area contributed by atoms with Gasteiger partial charge in [-0.25, -0.2) is 0 Å². The number of non-ortho nitro benzene ring substituents is 1. The van der Waals surface area contributed by atoms with Crippen molar-refractivity contribution < 1.29 is 34.6 Å². The van der Waals surface area contributed by atoms with Gasteiger partial charge in [0.15, 0.2) is 0 Å². The van der Waals surface area contributed by atoms with Crippen LogP contribution < -0.4 is 4.74 Å². The first-order chi connectivity index (χ1) is 11.3. The Morgan fingerprint density at radius 2 is 1.88 bits per heavy atom. The summed E-state index contributed by atoms with van der Waals surface area (Å²) >= 11 is 5.89. The zero-order valence-electron chi connectivity index (χ0n) is 11.9. The number of nitrogens with zero attached hydrogens (tertiary/aromatic N) is 2. The third-order valence-corrected chi connectivity index (χ3v) is 3.86. The lowest BCUT2D eigenvalue weighted by molar-refractivity contribution is -0.395. The van der Waals surface area contributed by atoms with E-state index in [0.29, 0.717) is 6.07 Å². The summed E-state index contributed by atoms with van der Waals surface area (Å²) in [6, 6.07) is 2.69. The highest BCUT2D eigenvalue weighted by atomic mass is 35.5. The molecule has 132 valence electrons. The van der Waals surface area contributed by atoms with Crippen molar-refractivity contribution >= 4 is 23.0 Å². The van der Waals surface area contributed by atoms with Gasteiger partial charge in [0.1, 0.15) is 23.7 Å². The van der Waals surface area contributed by atoms with Crippen LogP contribution in [0.2, 0.25) is 0 Å². The Morgan fingerprint density at radius 1 is 1.21 bits per heavy atom. The Hall–Kier alpha value is -2.05. The van der Waals surface area contributed by atoms with Crippen LogP contribution in [-0.4, -0.2) is 61.8 Å². The second-order valence-corrected chi connectivity index (χ2v) is 5.44. The van der Waals surface area contributed by atoms with Gasteiger partial charge >= 0.3 is 5.69 Å². The number of halogens is 1. The number of nitro benzene ring substituents is 2. The first kappa shape index (κ1) is 18.3. The van der Waals surface area contributed by atoms with Gasteiger partial charge in [-0.2, -0.15) is 0 Å². The molecule has 0 aromatic heterocycles.